The Morgan fingerprint density at radius 3 is 2.38 bits per heavy atom. The maximum Gasteiger partial charge on any atom is 0.310 e. The van der Waals surface area contributed by atoms with Gasteiger partial charge in [0.05, 0.1) is 6.04 Å². The number of carbonyl (C=O) groups excluding carboxylic acids is 1. The highest BCUT2D eigenvalue weighted by Gasteiger charge is 2.65. The summed E-state index contributed by atoms with van der Waals surface area (Å²) in [6.07, 6.45) is 1.84. The van der Waals surface area contributed by atoms with E-state index in [4.69, 9.17) is 0 Å². The molecule has 1 aromatic rings. The van der Waals surface area contributed by atoms with Crippen LogP contribution in [-0.2, 0) is 4.79 Å². The van der Waals surface area contributed by atoms with E-state index in [1.54, 1.807) is 6.92 Å². The predicted molar refractivity (Wildman–Crippen MR) is 71.8 cm³/mol. The number of hydrogen-bond donors (Lipinski definition) is 0. The van der Waals surface area contributed by atoms with Crippen LogP contribution in [0, 0.1) is 0 Å². The smallest absolute Gasteiger partial charge is 0.310 e. The Morgan fingerprint density at radius 2 is 1.81 bits per heavy atom. The summed E-state index contributed by atoms with van der Waals surface area (Å²) in [7, 11) is -9.69. The lowest BCUT2D eigenvalue weighted by Gasteiger charge is -2.41. The van der Waals surface area contributed by atoms with Gasteiger partial charge in [0.1, 0.15) is 4.90 Å². The van der Waals surface area contributed by atoms with Gasteiger partial charge in [0, 0.05) is 13.0 Å². The first kappa shape index (κ1) is 16.1. The molecule has 0 radical (unpaired) electrons. The third-order valence-corrected chi connectivity index (χ3v) is 4.76. The van der Waals surface area contributed by atoms with Gasteiger partial charge in [-0.05, 0) is 37.5 Å². The van der Waals surface area contributed by atoms with Crippen molar-refractivity contribution in [3.05, 3.63) is 29.8 Å². The van der Waals surface area contributed by atoms with E-state index in [1.807, 2.05) is 0 Å². The number of hydrogen-bond acceptors (Lipinski definition) is 1. The topological polar surface area (TPSA) is 20.3 Å². The Bertz CT molecular complexity index is 571. The molecule has 0 saturated carbocycles. The van der Waals surface area contributed by atoms with Gasteiger partial charge in [0.2, 0.25) is 5.91 Å². The molecule has 120 valence electrons. The Morgan fingerprint density at radius 1 is 1.14 bits per heavy atom. The highest BCUT2D eigenvalue weighted by Crippen LogP contribution is 3.02. The van der Waals surface area contributed by atoms with E-state index in [0.29, 0.717) is 25.1 Å². The van der Waals surface area contributed by atoms with Crippen molar-refractivity contribution in [3.8, 4) is 0 Å². The highest BCUT2D eigenvalue weighted by atomic mass is 32.5. The third-order valence-electron chi connectivity index (χ3n) is 3.61. The van der Waals surface area contributed by atoms with Crippen molar-refractivity contribution in [2.75, 3.05) is 6.54 Å². The van der Waals surface area contributed by atoms with Crippen LogP contribution in [0.5, 0.6) is 0 Å². The molecule has 1 amide bonds. The van der Waals surface area contributed by atoms with Gasteiger partial charge in [-0.25, -0.2) is 0 Å². The molecule has 0 bridgehead atoms. The van der Waals surface area contributed by atoms with Crippen molar-refractivity contribution in [2.24, 2.45) is 0 Å². The predicted octanol–water partition coefficient (Wildman–Crippen LogP) is 5.42. The zero-order chi connectivity index (χ0) is 16.0. The molecular weight excluding hydrogens is 313 g/mol. The van der Waals surface area contributed by atoms with Gasteiger partial charge in [-0.3, -0.25) is 4.79 Å². The minimum Gasteiger partial charge on any atom is -0.336 e. The van der Waals surface area contributed by atoms with Gasteiger partial charge >= 0.3 is 10.2 Å². The first-order valence-corrected chi connectivity index (χ1v) is 8.47. The first-order chi connectivity index (χ1) is 9.38. The van der Waals surface area contributed by atoms with Gasteiger partial charge in [-0.15, -0.1) is 0 Å². The van der Waals surface area contributed by atoms with Crippen molar-refractivity contribution in [1.29, 1.82) is 0 Å². The van der Waals surface area contributed by atoms with Crippen molar-refractivity contribution in [3.63, 3.8) is 0 Å². The zero-order valence-electron chi connectivity index (χ0n) is 11.4. The van der Waals surface area contributed by atoms with Gasteiger partial charge in [-0.2, -0.15) is 0 Å². The van der Waals surface area contributed by atoms with Gasteiger partial charge in [-0.1, -0.05) is 31.6 Å². The maximum atomic E-state index is 12.8. The largest absolute Gasteiger partial charge is 0.336 e. The van der Waals surface area contributed by atoms with Crippen molar-refractivity contribution >= 4 is 16.1 Å². The second kappa shape index (κ2) is 4.34. The second-order valence-electron chi connectivity index (χ2n) is 5.26. The summed E-state index contributed by atoms with van der Waals surface area (Å²) in [5.41, 5.74) is 0.0657. The lowest BCUT2D eigenvalue weighted by atomic mass is 10.0. The Hall–Kier alpha value is -1.31. The molecule has 0 aliphatic carbocycles. The van der Waals surface area contributed by atoms with Crippen LogP contribution in [0.15, 0.2) is 29.2 Å². The molecule has 0 N–H and O–H groups in total. The molecule has 1 aliphatic rings. The summed E-state index contributed by atoms with van der Waals surface area (Å²) in [6.45, 7) is 1.98. The number of nitrogens with zero attached hydrogens (tertiary/aromatic N) is 1. The van der Waals surface area contributed by atoms with Crippen molar-refractivity contribution < 1.29 is 24.2 Å². The Kier molecular flexibility index (Phi) is 3.32. The molecule has 2 nitrogen and oxygen atoms in total. The van der Waals surface area contributed by atoms with Crippen molar-refractivity contribution in [2.45, 2.75) is 37.1 Å². The van der Waals surface area contributed by atoms with Gasteiger partial charge < -0.3 is 4.90 Å². The molecular formula is C13H16F5NOS. The highest BCUT2D eigenvalue weighted by molar-refractivity contribution is 8.45. The number of carbonyl (C=O) groups is 1. The fraction of sp³-hybridized carbons (Fsp3) is 0.462. The number of amides is 1. The molecule has 0 aromatic heterocycles. The summed E-state index contributed by atoms with van der Waals surface area (Å²) in [6, 6.07) is 2.45. The number of likely N-dealkylation sites (tertiary alicyclic amines) is 1. The molecule has 1 aromatic carbocycles. The number of rotatable bonds is 3. The zero-order valence-corrected chi connectivity index (χ0v) is 12.2. The van der Waals surface area contributed by atoms with E-state index in [1.165, 1.54) is 11.0 Å². The summed E-state index contributed by atoms with van der Waals surface area (Å²) in [5, 5.41) is 0. The van der Waals surface area contributed by atoms with Gasteiger partial charge in [0.25, 0.3) is 0 Å². The summed E-state index contributed by atoms with van der Waals surface area (Å²) in [5.74, 6) is -0.161. The van der Waals surface area contributed by atoms with Crippen LogP contribution in [0.4, 0.5) is 19.4 Å². The molecule has 1 aliphatic heterocycles. The van der Waals surface area contributed by atoms with E-state index in [0.717, 1.165) is 18.9 Å². The fourth-order valence-electron chi connectivity index (χ4n) is 2.43. The van der Waals surface area contributed by atoms with Crippen LogP contribution in [0.3, 0.4) is 0 Å². The minimum absolute atomic E-state index is 0.0657. The molecule has 1 unspecified atom stereocenters. The first-order valence-electron chi connectivity index (χ1n) is 6.52. The van der Waals surface area contributed by atoms with Crippen LogP contribution in [0.1, 0.15) is 37.8 Å². The maximum absolute atomic E-state index is 12.8. The summed E-state index contributed by atoms with van der Waals surface area (Å²) < 4.78 is 64.1. The number of piperidine rings is 1. The van der Waals surface area contributed by atoms with E-state index < -0.39 is 21.2 Å². The molecule has 21 heavy (non-hydrogen) atoms. The van der Waals surface area contributed by atoms with Crippen LogP contribution < -0.4 is 0 Å². The minimum atomic E-state index is -9.69. The van der Waals surface area contributed by atoms with Crippen LogP contribution in [0.25, 0.3) is 0 Å². The fourth-order valence-corrected chi connectivity index (χ4v) is 3.13. The lowest BCUT2D eigenvalue weighted by molar-refractivity contribution is -0.135. The summed E-state index contributed by atoms with van der Waals surface area (Å²) in [4.78, 5) is 11.3. The molecule has 1 fully saturated rings. The van der Waals surface area contributed by atoms with Crippen LogP contribution in [0.2, 0.25) is 0 Å². The van der Waals surface area contributed by atoms with Crippen molar-refractivity contribution in [1.82, 2.24) is 4.90 Å². The van der Waals surface area contributed by atoms with Crippen LogP contribution in [-0.4, -0.2) is 17.4 Å². The number of benzene rings is 1. The third kappa shape index (κ3) is 3.66. The Balaban J connectivity index is 2.36. The number of halogens is 5. The van der Waals surface area contributed by atoms with E-state index >= 15 is 0 Å². The average Bonchev–Trinajstić information content (AvgIpc) is 2.36. The van der Waals surface area contributed by atoms with E-state index in [2.05, 4.69) is 0 Å². The van der Waals surface area contributed by atoms with E-state index in [9.17, 15) is 24.2 Å². The monoisotopic (exact) mass is 329 g/mol. The molecule has 2 rings (SSSR count). The van der Waals surface area contributed by atoms with Gasteiger partial charge in [0.15, 0.2) is 0 Å². The Labute approximate surface area is 119 Å². The standard InChI is InChI=1S/C13H16F5NOS/c1-10(19-8-3-2-7-13(19)20)11-5-4-6-12(9-11)21(14,15,16,17)18/h4-6,9-10H,2-3,7-8H2,1H3. The SMILES string of the molecule is CC(c1cccc(S(F)(F)(F)(F)F)c1)N1CCCCC1=O. The quantitative estimate of drug-likeness (QED) is 0.678. The van der Waals surface area contributed by atoms with Crippen LogP contribution >= 0.6 is 10.2 Å². The normalized spacial score (nSPS) is 21.6. The molecule has 1 heterocycles. The molecule has 1 atom stereocenters. The lowest BCUT2D eigenvalue weighted by Crippen LogP contribution is -2.37. The molecule has 8 heteroatoms. The second-order valence-corrected chi connectivity index (χ2v) is 7.67. The van der Waals surface area contributed by atoms with E-state index in [-0.39, 0.29) is 11.5 Å². The summed E-state index contributed by atoms with van der Waals surface area (Å²) >= 11 is 0. The molecule has 0 spiro atoms. The average molecular weight is 329 g/mol. The molecule has 1 saturated heterocycles.